The zero-order chi connectivity index (χ0) is 18.4. The number of benzene rings is 2. The lowest BCUT2D eigenvalue weighted by Crippen LogP contribution is -2.28. The Morgan fingerprint density at radius 1 is 1.04 bits per heavy atom. The molecule has 2 heterocycles. The Balaban J connectivity index is 1.50. The molecule has 1 spiro atoms. The molecule has 3 aromatic rings. The SMILES string of the molecule is C=Cc1ncc2c(n1)N(c1ccc(Oc3ccccc3)cc1)C(=O)C21CC1. The molecule has 0 saturated heterocycles. The Morgan fingerprint density at radius 3 is 2.41 bits per heavy atom. The molecule has 132 valence electrons. The first kappa shape index (κ1) is 15.8. The van der Waals surface area contributed by atoms with Crippen molar-refractivity contribution in [1.82, 2.24) is 9.97 Å². The Kier molecular flexibility index (Phi) is 3.37. The highest BCUT2D eigenvalue weighted by atomic mass is 16.5. The molecule has 1 aliphatic heterocycles. The van der Waals surface area contributed by atoms with Crippen LogP contribution in [0.2, 0.25) is 0 Å². The number of amides is 1. The van der Waals surface area contributed by atoms with Gasteiger partial charge in [0.2, 0.25) is 5.91 Å². The normalized spacial score (nSPS) is 16.3. The van der Waals surface area contributed by atoms with Crippen molar-refractivity contribution in [3.05, 3.63) is 78.8 Å². The third-order valence-electron chi connectivity index (χ3n) is 5.13. The minimum absolute atomic E-state index is 0.0738. The predicted octanol–water partition coefficient (Wildman–Crippen LogP) is 4.62. The molecule has 0 radical (unpaired) electrons. The van der Waals surface area contributed by atoms with Gasteiger partial charge in [-0.25, -0.2) is 9.97 Å². The van der Waals surface area contributed by atoms with Gasteiger partial charge in [0.25, 0.3) is 0 Å². The van der Waals surface area contributed by atoms with Gasteiger partial charge >= 0.3 is 0 Å². The zero-order valence-corrected chi connectivity index (χ0v) is 14.6. The summed E-state index contributed by atoms with van der Waals surface area (Å²) < 4.78 is 5.84. The van der Waals surface area contributed by atoms with E-state index in [2.05, 4.69) is 16.5 Å². The smallest absolute Gasteiger partial charge is 0.243 e. The molecule has 5 nitrogen and oxygen atoms in total. The molecule has 1 saturated carbocycles. The largest absolute Gasteiger partial charge is 0.457 e. The molecular weight excluding hydrogens is 338 g/mol. The number of carbonyl (C=O) groups is 1. The van der Waals surface area contributed by atoms with Gasteiger partial charge in [-0.3, -0.25) is 9.69 Å². The molecule has 0 N–H and O–H groups in total. The van der Waals surface area contributed by atoms with Gasteiger partial charge in [-0.2, -0.15) is 0 Å². The highest BCUT2D eigenvalue weighted by molar-refractivity contribution is 6.13. The molecule has 0 unspecified atom stereocenters. The minimum Gasteiger partial charge on any atom is -0.457 e. The van der Waals surface area contributed by atoms with Crippen LogP contribution in [0.3, 0.4) is 0 Å². The Bertz CT molecular complexity index is 1040. The quantitative estimate of drug-likeness (QED) is 0.685. The van der Waals surface area contributed by atoms with Crippen LogP contribution in [0.15, 0.2) is 67.4 Å². The first-order chi connectivity index (χ1) is 13.2. The van der Waals surface area contributed by atoms with Crippen molar-refractivity contribution in [3.8, 4) is 11.5 Å². The molecule has 2 aromatic carbocycles. The molecule has 5 heteroatoms. The summed E-state index contributed by atoms with van der Waals surface area (Å²) in [6.07, 6.45) is 5.07. The van der Waals surface area contributed by atoms with E-state index in [0.29, 0.717) is 17.4 Å². The van der Waals surface area contributed by atoms with Crippen LogP contribution in [-0.2, 0) is 10.2 Å². The van der Waals surface area contributed by atoms with Crippen LogP contribution in [0.5, 0.6) is 11.5 Å². The number of hydrogen-bond donors (Lipinski definition) is 0. The Hall–Kier alpha value is -3.47. The van der Waals surface area contributed by atoms with Crippen molar-refractivity contribution < 1.29 is 9.53 Å². The summed E-state index contributed by atoms with van der Waals surface area (Å²) in [5.41, 5.74) is 1.26. The van der Waals surface area contributed by atoms with E-state index in [9.17, 15) is 4.79 Å². The average molecular weight is 355 g/mol. The topological polar surface area (TPSA) is 55.3 Å². The zero-order valence-electron chi connectivity index (χ0n) is 14.6. The summed E-state index contributed by atoms with van der Waals surface area (Å²) in [6, 6.07) is 17.1. The predicted molar refractivity (Wildman–Crippen MR) is 103 cm³/mol. The summed E-state index contributed by atoms with van der Waals surface area (Å²) >= 11 is 0. The molecule has 1 aliphatic carbocycles. The van der Waals surface area contributed by atoms with Gasteiger partial charge < -0.3 is 4.74 Å². The summed E-state index contributed by atoms with van der Waals surface area (Å²) in [4.78, 5) is 23.7. The molecule has 0 bridgehead atoms. The number of hydrogen-bond acceptors (Lipinski definition) is 4. The molecular formula is C22H17N3O2. The summed E-state index contributed by atoms with van der Waals surface area (Å²) in [6.45, 7) is 3.73. The number of carbonyl (C=O) groups excluding carboxylic acids is 1. The van der Waals surface area contributed by atoms with Gasteiger partial charge in [0.05, 0.1) is 11.1 Å². The number of ether oxygens (including phenoxy) is 1. The molecule has 0 atom stereocenters. The van der Waals surface area contributed by atoms with Gasteiger partial charge in [-0.1, -0.05) is 24.8 Å². The number of rotatable bonds is 4. The second kappa shape index (κ2) is 5.77. The third-order valence-corrected chi connectivity index (χ3v) is 5.13. The molecule has 5 rings (SSSR count). The minimum atomic E-state index is -0.436. The van der Waals surface area contributed by atoms with Crippen molar-refractivity contribution in [2.24, 2.45) is 0 Å². The van der Waals surface area contributed by atoms with Crippen molar-refractivity contribution in [2.45, 2.75) is 18.3 Å². The summed E-state index contributed by atoms with van der Waals surface area (Å²) in [5, 5.41) is 0. The molecule has 1 aromatic heterocycles. The lowest BCUT2D eigenvalue weighted by atomic mass is 10.0. The van der Waals surface area contributed by atoms with E-state index in [4.69, 9.17) is 4.74 Å². The molecule has 27 heavy (non-hydrogen) atoms. The van der Waals surface area contributed by atoms with Gasteiger partial charge in [-0.15, -0.1) is 0 Å². The monoisotopic (exact) mass is 355 g/mol. The lowest BCUT2D eigenvalue weighted by molar-refractivity contribution is -0.119. The third kappa shape index (κ3) is 2.43. The van der Waals surface area contributed by atoms with Gasteiger partial charge in [-0.05, 0) is 55.3 Å². The Morgan fingerprint density at radius 2 is 1.74 bits per heavy atom. The van der Waals surface area contributed by atoms with Crippen LogP contribution < -0.4 is 9.64 Å². The number of nitrogens with zero attached hydrogens (tertiary/aromatic N) is 3. The second-order valence-electron chi connectivity index (χ2n) is 6.80. The number of aromatic nitrogens is 2. The standard InChI is InChI=1S/C22H17N3O2/c1-2-19-23-14-18-20(24-19)25(21(26)22(18)12-13-22)15-8-10-17(11-9-15)27-16-6-4-3-5-7-16/h2-11,14H,1,12-13H2. The van der Waals surface area contributed by atoms with Crippen LogP contribution in [0.1, 0.15) is 24.2 Å². The highest BCUT2D eigenvalue weighted by Gasteiger charge is 2.60. The van der Waals surface area contributed by atoms with Crippen molar-refractivity contribution in [1.29, 1.82) is 0 Å². The van der Waals surface area contributed by atoms with Crippen LogP contribution in [0.25, 0.3) is 6.08 Å². The van der Waals surface area contributed by atoms with E-state index in [-0.39, 0.29) is 5.91 Å². The average Bonchev–Trinajstić information content (AvgIpc) is 3.48. The molecule has 1 amide bonds. The number of fused-ring (bicyclic) bond motifs is 2. The maximum Gasteiger partial charge on any atom is 0.243 e. The van der Waals surface area contributed by atoms with E-state index in [1.54, 1.807) is 17.2 Å². The van der Waals surface area contributed by atoms with Crippen LogP contribution in [0.4, 0.5) is 11.5 Å². The van der Waals surface area contributed by atoms with Crippen molar-refractivity contribution in [2.75, 3.05) is 4.90 Å². The first-order valence-electron chi connectivity index (χ1n) is 8.89. The fourth-order valence-corrected chi connectivity index (χ4v) is 3.55. The fraction of sp³-hybridized carbons (Fsp3) is 0.136. The highest BCUT2D eigenvalue weighted by Crippen LogP contribution is 2.58. The Labute approximate surface area is 157 Å². The van der Waals surface area contributed by atoms with E-state index < -0.39 is 5.41 Å². The van der Waals surface area contributed by atoms with Gasteiger partial charge in [0.15, 0.2) is 5.82 Å². The summed E-state index contributed by atoms with van der Waals surface area (Å²) in [7, 11) is 0. The molecule has 2 aliphatic rings. The van der Waals surface area contributed by atoms with Gasteiger partial charge in [0.1, 0.15) is 17.3 Å². The van der Waals surface area contributed by atoms with E-state index in [1.165, 1.54) is 0 Å². The second-order valence-corrected chi connectivity index (χ2v) is 6.80. The van der Waals surface area contributed by atoms with Crippen molar-refractivity contribution in [3.63, 3.8) is 0 Å². The van der Waals surface area contributed by atoms with Crippen molar-refractivity contribution >= 4 is 23.5 Å². The van der Waals surface area contributed by atoms with E-state index >= 15 is 0 Å². The van der Waals surface area contributed by atoms with Crippen LogP contribution in [-0.4, -0.2) is 15.9 Å². The number of para-hydroxylation sites is 1. The molecule has 1 fully saturated rings. The summed E-state index contributed by atoms with van der Waals surface area (Å²) in [5.74, 6) is 2.75. The van der Waals surface area contributed by atoms with Crippen LogP contribution in [0, 0.1) is 0 Å². The maximum absolute atomic E-state index is 13.1. The van der Waals surface area contributed by atoms with E-state index in [1.807, 2.05) is 54.6 Å². The van der Waals surface area contributed by atoms with Gasteiger partial charge in [0, 0.05) is 11.8 Å². The lowest BCUT2D eigenvalue weighted by Gasteiger charge is -2.17. The number of anilines is 2. The first-order valence-corrected chi connectivity index (χ1v) is 8.89. The van der Waals surface area contributed by atoms with E-state index in [0.717, 1.165) is 29.8 Å². The van der Waals surface area contributed by atoms with Crippen LogP contribution >= 0.6 is 0 Å². The maximum atomic E-state index is 13.1. The fourth-order valence-electron chi connectivity index (χ4n) is 3.55.